The molecule has 3 aromatic rings. The normalized spacial score (nSPS) is 16.3. The predicted molar refractivity (Wildman–Crippen MR) is 114 cm³/mol. The first-order chi connectivity index (χ1) is 14.4. The number of imide groups is 1. The van der Waals surface area contributed by atoms with Gasteiger partial charge in [0.1, 0.15) is 6.04 Å². The van der Waals surface area contributed by atoms with Crippen LogP contribution < -0.4 is 5.32 Å². The van der Waals surface area contributed by atoms with Gasteiger partial charge in [0.2, 0.25) is 0 Å². The van der Waals surface area contributed by atoms with Crippen LogP contribution in [0.5, 0.6) is 0 Å². The van der Waals surface area contributed by atoms with Crippen LogP contribution in [-0.2, 0) is 10.3 Å². The number of amides is 3. The molecule has 3 amide bonds. The van der Waals surface area contributed by atoms with E-state index in [2.05, 4.69) is 5.32 Å². The van der Waals surface area contributed by atoms with Gasteiger partial charge in [0.25, 0.3) is 5.91 Å². The quantitative estimate of drug-likeness (QED) is 0.493. The van der Waals surface area contributed by atoms with Crippen molar-refractivity contribution in [1.29, 1.82) is 0 Å². The van der Waals surface area contributed by atoms with Crippen LogP contribution in [0.4, 0.5) is 4.79 Å². The number of Topliss-reactive ketones (excluding diaryl/α,β-unsaturated/α-hetero) is 1. The highest BCUT2D eigenvalue weighted by Gasteiger charge is 2.55. The van der Waals surface area contributed by atoms with Gasteiger partial charge in [-0.05, 0) is 30.2 Å². The lowest BCUT2D eigenvalue weighted by Gasteiger charge is -2.29. The Labute approximate surface area is 179 Å². The van der Waals surface area contributed by atoms with Gasteiger partial charge >= 0.3 is 6.03 Å². The van der Waals surface area contributed by atoms with Gasteiger partial charge in [-0.2, -0.15) is 0 Å². The minimum absolute atomic E-state index is 0.340. The monoisotopic (exact) mass is 418 g/mol. The summed E-state index contributed by atoms with van der Waals surface area (Å²) >= 11 is 6.00. The summed E-state index contributed by atoms with van der Waals surface area (Å²) in [5, 5.41) is 3.27. The second kappa shape index (κ2) is 7.76. The number of hydrogen-bond acceptors (Lipinski definition) is 3. The predicted octanol–water partition coefficient (Wildman–Crippen LogP) is 4.41. The third-order valence-electron chi connectivity index (χ3n) is 5.34. The molecule has 0 spiro atoms. The zero-order chi connectivity index (χ0) is 21.3. The molecule has 1 N–H and O–H groups in total. The number of hydrogen-bond donors (Lipinski definition) is 1. The zero-order valence-corrected chi connectivity index (χ0v) is 17.0. The summed E-state index contributed by atoms with van der Waals surface area (Å²) in [6.45, 7) is 1.55. The van der Waals surface area contributed by atoms with Crippen LogP contribution >= 0.6 is 11.6 Å². The van der Waals surface area contributed by atoms with Crippen molar-refractivity contribution < 1.29 is 14.4 Å². The fraction of sp³-hybridized carbons (Fsp3) is 0.125. The SMILES string of the molecule is CC(C(=O)c1cccc(Cl)c1)N1C(=O)NC(c2ccccc2)(c2ccccc2)C1=O. The molecule has 150 valence electrons. The summed E-state index contributed by atoms with van der Waals surface area (Å²) in [5.41, 5.74) is 0.189. The largest absolute Gasteiger partial charge is 0.326 e. The third kappa shape index (κ3) is 3.17. The number of rotatable bonds is 5. The number of carbonyl (C=O) groups excluding carboxylic acids is 3. The molecule has 1 heterocycles. The summed E-state index contributed by atoms with van der Waals surface area (Å²) in [5.74, 6) is -0.856. The number of halogens is 1. The first-order valence-corrected chi connectivity index (χ1v) is 9.89. The van der Waals surface area contributed by atoms with Gasteiger partial charge in [0.15, 0.2) is 11.3 Å². The maximum Gasteiger partial charge on any atom is 0.326 e. The molecule has 4 rings (SSSR count). The van der Waals surface area contributed by atoms with E-state index in [1.165, 1.54) is 6.07 Å². The molecule has 3 aromatic carbocycles. The van der Waals surface area contributed by atoms with Crippen LogP contribution in [0, 0.1) is 0 Å². The van der Waals surface area contributed by atoms with Crippen LogP contribution in [0.25, 0.3) is 0 Å². The summed E-state index contributed by atoms with van der Waals surface area (Å²) in [6, 6.07) is 22.9. The number of urea groups is 1. The summed E-state index contributed by atoms with van der Waals surface area (Å²) < 4.78 is 0. The molecule has 1 aliphatic heterocycles. The maximum atomic E-state index is 13.7. The maximum absolute atomic E-state index is 13.7. The van der Waals surface area contributed by atoms with Crippen molar-refractivity contribution in [3.05, 3.63) is 107 Å². The van der Waals surface area contributed by atoms with E-state index in [0.717, 1.165) is 4.90 Å². The fourth-order valence-electron chi connectivity index (χ4n) is 3.83. The fourth-order valence-corrected chi connectivity index (χ4v) is 4.02. The minimum atomic E-state index is -1.40. The van der Waals surface area contributed by atoms with Gasteiger partial charge in [-0.15, -0.1) is 0 Å². The Morgan fingerprint density at radius 2 is 1.47 bits per heavy atom. The molecule has 0 aromatic heterocycles. The Kier molecular flexibility index (Phi) is 5.14. The van der Waals surface area contributed by atoms with Gasteiger partial charge in [-0.25, -0.2) is 4.79 Å². The Morgan fingerprint density at radius 3 is 2.00 bits per heavy atom. The number of benzene rings is 3. The molecule has 1 unspecified atom stereocenters. The number of carbonyl (C=O) groups is 3. The topological polar surface area (TPSA) is 66.5 Å². The van der Waals surface area contributed by atoms with E-state index in [1.54, 1.807) is 49.4 Å². The molecule has 1 aliphatic rings. The van der Waals surface area contributed by atoms with Gasteiger partial charge in [-0.3, -0.25) is 14.5 Å². The first kappa shape index (κ1) is 19.9. The molecule has 0 aliphatic carbocycles. The molecular weight excluding hydrogens is 400 g/mol. The van der Waals surface area contributed by atoms with E-state index in [9.17, 15) is 14.4 Å². The lowest BCUT2D eigenvalue weighted by Crippen LogP contribution is -2.47. The van der Waals surface area contributed by atoms with E-state index in [4.69, 9.17) is 11.6 Å². The van der Waals surface area contributed by atoms with Crippen molar-refractivity contribution in [2.75, 3.05) is 0 Å². The Hall–Kier alpha value is -3.44. The summed E-state index contributed by atoms with van der Waals surface area (Å²) in [7, 11) is 0. The van der Waals surface area contributed by atoms with Gasteiger partial charge < -0.3 is 5.32 Å². The molecule has 1 saturated heterocycles. The van der Waals surface area contributed by atoms with Crippen LogP contribution in [0.15, 0.2) is 84.9 Å². The molecule has 30 heavy (non-hydrogen) atoms. The van der Waals surface area contributed by atoms with E-state index < -0.39 is 23.5 Å². The summed E-state index contributed by atoms with van der Waals surface area (Å²) in [4.78, 5) is 40.8. The van der Waals surface area contributed by atoms with E-state index in [0.29, 0.717) is 21.7 Å². The van der Waals surface area contributed by atoms with Gasteiger partial charge in [0, 0.05) is 10.6 Å². The molecule has 0 radical (unpaired) electrons. The highest BCUT2D eigenvalue weighted by Crippen LogP contribution is 2.37. The average molecular weight is 419 g/mol. The van der Waals surface area contributed by atoms with Gasteiger partial charge in [-0.1, -0.05) is 84.4 Å². The molecule has 1 atom stereocenters. The van der Waals surface area contributed by atoms with Crippen molar-refractivity contribution in [3.8, 4) is 0 Å². The highest BCUT2D eigenvalue weighted by atomic mass is 35.5. The summed E-state index contributed by atoms with van der Waals surface area (Å²) in [6.07, 6.45) is 0. The Balaban J connectivity index is 1.78. The molecule has 1 fully saturated rings. The molecule has 5 nitrogen and oxygen atoms in total. The molecule has 0 saturated carbocycles. The van der Waals surface area contributed by atoms with Crippen LogP contribution in [0.2, 0.25) is 5.02 Å². The van der Waals surface area contributed by atoms with Crippen molar-refractivity contribution in [2.24, 2.45) is 0 Å². The smallest absolute Gasteiger partial charge is 0.315 e. The van der Waals surface area contributed by atoms with Gasteiger partial charge in [0.05, 0.1) is 0 Å². The van der Waals surface area contributed by atoms with E-state index in [-0.39, 0.29) is 5.78 Å². The molecular formula is C24H19ClN2O3. The van der Waals surface area contributed by atoms with Crippen molar-refractivity contribution in [2.45, 2.75) is 18.5 Å². The number of nitrogens with zero attached hydrogens (tertiary/aromatic N) is 1. The third-order valence-corrected chi connectivity index (χ3v) is 5.58. The van der Waals surface area contributed by atoms with Crippen molar-refractivity contribution in [3.63, 3.8) is 0 Å². The zero-order valence-electron chi connectivity index (χ0n) is 16.2. The standard InChI is InChI=1S/C24H19ClN2O3/c1-16(21(28)17-9-8-14-20(25)15-17)27-22(29)24(26-23(27)30,18-10-4-2-5-11-18)19-12-6-3-7-13-19/h2-16H,1H3,(H,26,30). The first-order valence-electron chi connectivity index (χ1n) is 9.52. The van der Waals surface area contributed by atoms with E-state index in [1.807, 2.05) is 36.4 Å². The molecule has 0 bridgehead atoms. The number of ketones is 1. The lowest BCUT2D eigenvalue weighted by molar-refractivity contribution is -0.131. The van der Waals surface area contributed by atoms with Crippen LogP contribution in [0.3, 0.4) is 0 Å². The van der Waals surface area contributed by atoms with Crippen LogP contribution in [-0.4, -0.2) is 28.7 Å². The Bertz CT molecular complexity index is 1080. The van der Waals surface area contributed by atoms with E-state index >= 15 is 0 Å². The second-order valence-electron chi connectivity index (χ2n) is 7.14. The van der Waals surface area contributed by atoms with Crippen LogP contribution in [0.1, 0.15) is 28.4 Å². The molecule has 6 heteroatoms. The Morgan fingerprint density at radius 1 is 0.900 bits per heavy atom. The van der Waals surface area contributed by atoms with Crippen molar-refractivity contribution >= 4 is 29.3 Å². The number of nitrogens with one attached hydrogen (secondary N) is 1. The van der Waals surface area contributed by atoms with Crippen molar-refractivity contribution in [1.82, 2.24) is 10.2 Å². The average Bonchev–Trinajstić information content (AvgIpc) is 3.05. The highest BCUT2D eigenvalue weighted by molar-refractivity contribution is 6.31. The second-order valence-corrected chi connectivity index (χ2v) is 7.57. The minimum Gasteiger partial charge on any atom is -0.315 e. The lowest BCUT2D eigenvalue weighted by atomic mass is 9.82.